The minimum atomic E-state index is -0.425. The summed E-state index contributed by atoms with van der Waals surface area (Å²) >= 11 is 6.26. The van der Waals surface area contributed by atoms with Crippen molar-refractivity contribution in [3.05, 3.63) is 69.0 Å². The molecule has 3 rings (SSSR count). The van der Waals surface area contributed by atoms with Gasteiger partial charge in [0.1, 0.15) is 11.3 Å². The molecule has 1 aromatic heterocycles. The van der Waals surface area contributed by atoms with Crippen LogP contribution >= 0.6 is 11.6 Å². The molecule has 0 atom stereocenters. The number of aryl methyl sites for hydroxylation is 1. The van der Waals surface area contributed by atoms with Gasteiger partial charge in [-0.15, -0.1) is 0 Å². The van der Waals surface area contributed by atoms with Gasteiger partial charge < -0.3 is 14.5 Å². The van der Waals surface area contributed by atoms with Crippen LogP contribution in [0.3, 0.4) is 0 Å². The second-order valence-electron chi connectivity index (χ2n) is 6.77. The van der Waals surface area contributed by atoms with E-state index in [4.69, 9.17) is 20.8 Å². The van der Waals surface area contributed by atoms with Gasteiger partial charge in [0.2, 0.25) is 5.91 Å². The molecule has 0 spiro atoms. The van der Waals surface area contributed by atoms with Crippen molar-refractivity contribution in [3.8, 4) is 5.75 Å². The van der Waals surface area contributed by atoms with Crippen molar-refractivity contribution < 1.29 is 13.9 Å². The van der Waals surface area contributed by atoms with E-state index >= 15 is 0 Å². The van der Waals surface area contributed by atoms with Crippen molar-refractivity contribution in [3.63, 3.8) is 0 Å². The Hall–Kier alpha value is -2.83. The van der Waals surface area contributed by atoms with Gasteiger partial charge in [0, 0.05) is 34.8 Å². The first-order valence-electron chi connectivity index (χ1n) is 9.28. The van der Waals surface area contributed by atoms with Gasteiger partial charge in [-0.2, -0.15) is 0 Å². The number of likely N-dealkylation sites (N-methyl/N-ethyl adjacent to an activating group) is 1. The predicted octanol–water partition coefficient (Wildman–Crippen LogP) is 4.22. The number of carbonyl (C=O) groups is 1. The molecule has 1 heterocycles. The number of halogens is 1. The van der Waals surface area contributed by atoms with Crippen LogP contribution in [-0.2, 0) is 11.3 Å². The van der Waals surface area contributed by atoms with E-state index < -0.39 is 5.63 Å². The van der Waals surface area contributed by atoms with E-state index in [0.717, 1.165) is 16.5 Å². The Bertz CT molecular complexity index is 1090. The molecule has 29 heavy (non-hydrogen) atoms. The Kier molecular flexibility index (Phi) is 6.56. The number of anilines is 1. The van der Waals surface area contributed by atoms with Crippen LogP contribution in [0.25, 0.3) is 11.0 Å². The van der Waals surface area contributed by atoms with Gasteiger partial charge in [0.15, 0.2) is 0 Å². The number of rotatable bonds is 7. The minimum absolute atomic E-state index is 0.152. The summed E-state index contributed by atoms with van der Waals surface area (Å²) in [6.07, 6.45) is 0. The molecule has 0 unspecified atom stereocenters. The summed E-state index contributed by atoms with van der Waals surface area (Å²) < 4.78 is 10.5. The highest BCUT2D eigenvalue weighted by atomic mass is 35.5. The topological polar surface area (TPSA) is 71.8 Å². The van der Waals surface area contributed by atoms with Gasteiger partial charge in [-0.1, -0.05) is 24.6 Å². The van der Waals surface area contributed by atoms with Crippen molar-refractivity contribution in [1.29, 1.82) is 0 Å². The number of methoxy groups -OCH3 is 1. The fourth-order valence-electron chi connectivity index (χ4n) is 3.10. The third-order valence-corrected chi connectivity index (χ3v) is 5.08. The molecular weight excluding hydrogens is 392 g/mol. The van der Waals surface area contributed by atoms with Crippen molar-refractivity contribution in [2.24, 2.45) is 0 Å². The zero-order chi connectivity index (χ0) is 21.0. The van der Waals surface area contributed by atoms with E-state index in [0.29, 0.717) is 35.1 Å². The Morgan fingerprint density at radius 1 is 1.24 bits per heavy atom. The molecule has 0 radical (unpaired) electrons. The highest BCUT2D eigenvalue weighted by Gasteiger charge is 2.14. The molecule has 0 aliphatic heterocycles. The summed E-state index contributed by atoms with van der Waals surface area (Å²) in [5.74, 6) is 0.519. The second kappa shape index (κ2) is 9.11. The monoisotopic (exact) mass is 414 g/mol. The van der Waals surface area contributed by atoms with Crippen LogP contribution in [0.15, 0.2) is 51.7 Å². The molecule has 0 saturated heterocycles. The van der Waals surface area contributed by atoms with Crippen molar-refractivity contribution in [1.82, 2.24) is 4.90 Å². The number of fused-ring (bicyclic) bond motifs is 1. The lowest BCUT2D eigenvalue weighted by atomic mass is 10.1. The zero-order valence-electron chi connectivity index (χ0n) is 16.6. The van der Waals surface area contributed by atoms with E-state index in [2.05, 4.69) is 5.32 Å². The lowest BCUT2D eigenvalue weighted by Gasteiger charge is -2.20. The molecule has 1 N–H and O–H groups in total. The summed E-state index contributed by atoms with van der Waals surface area (Å²) in [7, 11) is 1.58. The van der Waals surface area contributed by atoms with Crippen LogP contribution < -0.4 is 15.7 Å². The minimum Gasteiger partial charge on any atom is -0.497 e. The number of hydrogen-bond donors (Lipinski definition) is 1. The number of amides is 1. The fourth-order valence-corrected chi connectivity index (χ4v) is 3.27. The highest BCUT2D eigenvalue weighted by Crippen LogP contribution is 2.26. The first-order chi connectivity index (χ1) is 13.9. The molecule has 0 aliphatic rings. The number of hydrogen-bond acceptors (Lipinski definition) is 5. The largest absolute Gasteiger partial charge is 0.497 e. The van der Waals surface area contributed by atoms with Crippen LogP contribution in [0.1, 0.15) is 18.1 Å². The summed E-state index contributed by atoms with van der Waals surface area (Å²) in [5, 5.41) is 4.24. The summed E-state index contributed by atoms with van der Waals surface area (Å²) in [4.78, 5) is 26.4. The maximum atomic E-state index is 12.5. The van der Waals surface area contributed by atoms with E-state index in [1.807, 2.05) is 30.9 Å². The maximum absolute atomic E-state index is 12.5. The van der Waals surface area contributed by atoms with Crippen LogP contribution in [0, 0.1) is 6.92 Å². The summed E-state index contributed by atoms with van der Waals surface area (Å²) in [5.41, 5.74) is 2.34. The third kappa shape index (κ3) is 5.16. The number of nitrogens with one attached hydrogen (secondary N) is 1. The molecule has 1 amide bonds. The van der Waals surface area contributed by atoms with Crippen LogP contribution in [-0.4, -0.2) is 31.0 Å². The second-order valence-corrected chi connectivity index (χ2v) is 7.18. The standard InChI is InChI=1S/C22H23ClN2O4/c1-4-25(13-21(26)24-16-6-5-7-17(10-16)28-3)12-15-9-22(27)29-20-8-14(2)19(23)11-18(15)20/h5-11H,4,12-13H2,1-3H3,(H,24,26). The van der Waals surface area contributed by atoms with Crippen LogP contribution in [0.5, 0.6) is 5.75 Å². The lowest BCUT2D eigenvalue weighted by molar-refractivity contribution is -0.117. The molecule has 2 aromatic carbocycles. The van der Waals surface area contributed by atoms with E-state index in [-0.39, 0.29) is 12.5 Å². The zero-order valence-corrected chi connectivity index (χ0v) is 17.4. The maximum Gasteiger partial charge on any atom is 0.336 e. The first kappa shape index (κ1) is 20.9. The fraction of sp³-hybridized carbons (Fsp3) is 0.273. The molecule has 0 fully saturated rings. The van der Waals surface area contributed by atoms with Gasteiger partial charge >= 0.3 is 5.63 Å². The van der Waals surface area contributed by atoms with Crippen LogP contribution in [0.2, 0.25) is 5.02 Å². The number of benzene rings is 2. The number of ether oxygens (including phenoxy) is 1. The van der Waals surface area contributed by atoms with Crippen LogP contribution in [0.4, 0.5) is 5.69 Å². The Labute approximate surface area is 174 Å². The number of carbonyl (C=O) groups excluding carboxylic acids is 1. The molecule has 7 heteroatoms. The first-order valence-corrected chi connectivity index (χ1v) is 9.66. The van der Waals surface area contributed by atoms with Gasteiger partial charge in [-0.05, 0) is 48.9 Å². The van der Waals surface area contributed by atoms with E-state index in [9.17, 15) is 9.59 Å². The van der Waals surface area contributed by atoms with Gasteiger partial charge in [-0.3, -0.25) is 9.69 Å². The van der Waals surface area contributed by atoms with Crippen molar-refractivity contribution >= 4 is 34.2 Å². The van der Waals surface area contributed by atoms with Gasteiger partial charge in [-0.25, -0.2) is 4.79 Å². The normalized spacial score (nSPS) is 11.1. The highest BCUT2D eigenvalue weighted by molar-refractivity contribution is 6.32. The quantitative estimate of drug-likeness (QED) is 0.586. The molecule has 152 valence electrons. The molecule has 0 saturated carbocycles. The number of nitrogens with zero attached hydrogens (tertiary/aromatic N) is 1. The predicted molar refractivity (Wildman–Crippen MR) is 115 cm³/mol. The summed E-state index contributed by atoms with van der Waals surface area (Å²) in [6.45, 7) is 5.05. The van der Waals surface area contributed by atoms with E-state index in [1.165, 1.54) is 6.07 Å². The van der Waals surface area contributed by atoms with E-state index in [1.54, 1.807) is 31.4 Å². The molecule has 6 nitrogen and oxygen atoms in total. The molecular formula is C22H23ClN2O4. The van der Waals surface area contributed by atoms with Gasteiger partial charge in [0.25, 0.3) is 0 Å². The molecule has 3 aromatic rings. The summed E-state index contributed by atoms with van der Waals surface area (Å²) in [6, 6.07) is 12.2. The van der Waals surface area contributed by atoms with Crippen molar-refractivity contribution in [2.75, 3.05) is 25.5 Å². The smallest absolute Gasteiger partial charge is 0.336 e. The Balaban J connectivity index is 1.78. The van der Waals surface area contributed by atoms with Crippen molar-refractivity contribution in [2.45, 2.75) is 20.4 Å². The molecule has 0 bridgehead atoms. The lowest BCUT2D eigenvalue weighted by Crippen LogP contribution is -2.33. The van der Waals surface area contributed by atoms with Gasteiger partial charge in [0.05, 0.1) is 13.7 Å². The Morgan fingerprint density at radius 2 is 2.03 bits per heavy atom. The molecule has 0 aliphatic carbocycles. The average molecular weight is 415 g/mol. The SMILES string of the molecule is CCN(CC(=O)Nc1cccc(OC)c1)Cc1cc(=O)oc2cc(C)c(Cl)cc12. The Morgan fingerprint density at radius 3 is 2.76 bits per heavy atom. The average Bonchev–Trinajstić information content (AvgIpc) is 2.69. The third-order valence-electron chi connectivity index (χ3n) is 4.67.